The van der Waals surface area contributed by atoms with E-state index in [0.29, 0.717) is 0 Å². The van der Waals surface area contributed by atoms with Gasteiger partial charge in [0.2, 0.25) is 0 Å². The number of aromatic nitrogens is 1. The normalized spacial score (nSPS) is 10.5. The Morgan fingerprint density at radius 1 is 1.08 bits per heavy atom. The Hall–Kier alpha value is 0.0900. The lowest BCUT2D eigenvalue weighted by atomic mass is 10.2. The van der Waals surface area contributed by atoms with Gasteiger partial charge in [0.15, 0.2) is 0 Å². The molecule has 0 aliphatic carbocycles. The number of nitrogens with zero attached hydrogens (tertiary/aromatic N) is 1. The van der Waals surface area contributed by atoms with E-state index in [4.69, 9.17) is 0 Å². The van der Waals surface area contributed by atoms with Gasteiger partial charge in [-0.1, -0.05) is 18.2 Å². The van der Waals surface area contributed by atoms with Crippen LogP contribution >= 0.6 is 45.2 Å². The van der Waals surface area contributed by atoms with Crippen molar-refractivity contribution >= 4 is 56.1 Å². The van der Waals surface area contributed by atoms with Crippen molar-refractivity contribution in [3.63, 3.8) is 0 Å². The molecule has 0 saturated heterocycles. The molecule has 0 atom stereocenters. The SMILES string of the molecule is Ic1cc2ccccc2nc1I. The lowest BCUT2D eigenvalue weighted by molar-refractivity contribution is 1.32. The summed E-state index contributed by atoms with van der Waals surface area (Å²) in [5.74, 6) is 0. The van der Waals surface area contributed by atoms with Crippen LogP contribution in [0, 0.1) is 7.27 Å². The first-order valence-electron chi connectivity index (χ1n) is 3.48. The van der Waals surface area contributed by atoms with Crippen LogP contribution in [0.5, 0.6) is 0 Å². The Bertz CT molecular complexity index is 385. The summed E-state index contributed by atoms with van der Waals surface area (Å²) in [6.07, 6.45) is 0. The zero-order valence-corrected chi connectivity index (χ0v) is 10.4. The molecule has 1 heterocycles. The highest BCUT2D eigenvalue weighted by molar-refractivity contribution is 14.1. The van der Waals surface area contributed by atoms with Gasteiger partial charge in [-0.3, -0.25) is 0 Å². The molecular formula is C9H5I2N. The fourth-order valence-corrected chi connectivity index (χ4v) is 1.94. The highest BCUT2D eigenvalue weighted by Crippen LogP contribution is 2.19. The lowest BCUT2D eigenvalue weighted by Crippen LogP contribution is -1.86. The van der Waals surface area contributed by atoms with Gasteiger partial charge < -0.3 is 0 Å². The molecule has 12 heavy (non-hydrogen) atoms. The van der Waals surface area contributed by atoms with Crippen LogP contribution in [0.15, 0.2) is 30.3 Å². The average molecular weight is 381 g/mol. The summed E-state index contributed by atoms with van der Waals surface area (Å²) in [6, 6.07) is 10.3. The number of fused-ring (bicyclic) bond motifs is 1. The molecule has 2 rings (SSSR count). The number of halogens is 2. The summed E-state index contributed by atoms with van der Waals surface area (Å²) in [5.41, 5.74) is 1.07. The van der Waals surface area contributed by atoms with E-state index in [1.54, 1.807) is 0 Å². The first kappa shape index (κ1) is 8.68. The minimum absolute atomic E-state index is 1.07. The number of hydrogen-bond donors (Lipinski definition) is 0. The van der Waals surface area contributed by atoms with Crippen molar-refractivity contribution < 1.29 is 0 Å². The van der Waals surface area contributed by atoms with E-state index in [9.17, 15) is 0 Å². The van der Waals surface area contributed by atoms with Gasteiger partial charge in [-0.25, -0.2) is 4.98 Å². The van der Waals surface area contributed by atoms with Crippen LogP contribution in [0.1, 0.15) is 0 Å². The molecule has 1 nitrogen and oxygen atoms in total. The first-order valence-corrected chi connectivity index (χ1v) is 5.64. The van der Waals surface area contributed by atoms with E-state index in [-0.39, 0.29) is 0 Å². The number of para-hydroxylation sites is 1. The average Bonchev–Trinajstić information content (AvgIpc) is 2.07. The maximum absolute atomic E-state index is 4.45. The predicted molar refractivity (Wildman–Crippen MR) is 67.2 cm³/mol. The Morgan fingerprint density at radius 2 is 1.83 bits per heavy atom. The smallest absolute Gasteiger partial charge is 0.115 e. The Kier molecular flexibility index (Phi) is 2.49. The summed E-state index contributed by atoms with van der Waals surface area (Å²) < 4.78 is 2.29. The van der Waals surface area contributed by atoms with Crippen LogP contribution in [-0.2, 0) is 0 Å². The van der Waals surface area contributed by atoms with Gasteiger partial charge in [0, 0.05) is 8.96 Å². The molecule has 0 unspecified atom stereocenters. The fourth-order valence-electron chi connectivity index (χ4n) is 1.07. The summed E-state index contributed by atoms with van der Waals surface area (Å²) in [7, 11) is 0. The Balaban J connectivity index is 2.84. The third-order valence-corrected chi connectivity index (χ3v) is 4.31. The second-order valence-electron chi connectivity index (χ2n) is 2.45. The molecule has 2 aromatic rings. The summed E-state index contributed by atoms with van der Waals surface area (Å²) in [5, 5.41) is 1.21. The molecule has 3 heteroatoms. The maximum Gasteiger partial charge on any atom is 0.115 e. The van der Waals surface area contributed by atoms with E-state index in [1.165, 1.54) is 8.96 Å². The topological polar surface area (TPSA) is 12.9 Å². The highest BCUT2D eigenvalue weighted by atomic mass is 127. The third kappa shape index (κ3) is 1.56. The van der Waals surface area contributed by atoms with Crippen molar-refractivity contribution in [2.45, 2.75) is 0 Å². The molecule has 0 aliphatic heterocycles. The molecule has 1 aromatic carbocycles. The van der Waals surface area contributed by atoms with Crippen LogP contribution in [0.25, 0.3) is 10.9 Å². The van der Waals surface area contributed by atoms with E-state index < -0.39 is 0 Å². The molecule has 0 bridgehead atoms. The standard InChI is InChI=1S/C9H5I2N/c10-7-5-6-3-1-2-4-8(6)12-9(7)11/h1-5H. The second-order valence-corrected chi connectivity index (χ2v) is 4.64. The van der Waals surface area contributed by atoms with Gasteiger partial charge in [-0.2, -0.15) is 0 Å². The van der Waals surface area contributed by atoms with Crippen LogP contribution < -0.4 is 0 Å². The van der Waals surface area contributed by atoms with Crippen molar-refractivity contribution in [2.75, 3.05) is 0 Å². The van der Waals surface area contributed by atoms with Crippen LogP contribution in [0.4, 0.5) is 0 Å². The zero-order chi connectivity index (χ0) is 8.55. The molecule has 0 N–H and O–H groups in total. The third-order valence-electron chi connectivity index (χ3n) is 1.63. The molecule has 0 radical (unpaired) electrons. The second kappa shape index (κ2) is 3.45. The lowest BCUT2D eigenvalue weighted by Gasteiger charge is -1.99. The summed E-state index contributed by atoms with van der Waals surface area (Å²) >= 11 is 4.56. The van der Waals surface area contributed by atoms with Crippen molar-refractivity contribution in [2.24, 2.45) is 0 Å². The van der Waals surface area contributed by atoms with Crippen molar-refractivity contribution in [3.8, 4) is 0 Å². The van der Waals surface area contributed by atoms with E-state index in [0.717, 1.165) is 9.22 Å². The molecule has 0 amide bonds. The monoisotopic (exact) mass is 381 g/mol. The minimum Gasteiger partial charge on any atom is -0.241 e. The molecule has 0 saturated carbocycles. The zero-order valence-electron chi connectivity index (χ0n) is 6.09. The van der Waals surface area contributed by atoms with Crippen LogP contribution in [0.3, 0.4) is 0 Å². The van der Waals surface area contributed by atoms with Crippen molar-refractivity contribution in [3.05, 3.63) is 37.6 Å². The van der Waals surface area contributed by atoms with Gasteiger partial charge in [0.05, 0.1) is 5.52 Å². The van der Waals surface area contributed by atoms with Crippen LogP contribution in [-0.4, -0.2) is 4.98 Å². The maximum atomic E-state index is 4.45. The number of pyridine rings is 1. The molecule has 60 valence electrons. The Morgan fingerprint density at radius 3 is 2.67 bits per heavy atom. The minimum atomic E-state index is 1.07. The van der Waals surface area contributed by atoms with Crippen LogP contribution in [0.2, 0.25) is 0 Å². The van der Waals surface area contributed by atoms with Crippen molar-refractivity contribution in [1.82, 2.24) is 4.98 Å². The van der Waals surface area contributed by atoms with Gasteiger partial charge in [0.1, 0.15) is 3.70 Å². The Labute approximate surface area is 97.9 Å². The molecule has 0 spiro atoms. The summed E-state index contributed by atoms with van der Waals surface area (Å²) in [6.45, 7) is 0. The molecule has 0 aliphatic rings. The van der Waals surface area contributed by atoms with E-state index >= 15 is 0 Å². The summed E-state index contributed by atoms with van der Waals surface area (Å²) in [4.78, 5) is 4.45. The molecule has 0 fully saturated rings. The number of rotatable bonds is 0. The van der Waals surface area contributed by atoms with Gasteiger partial charge in [-0.05, 0) is 57.3 Å². The fraction of sp³-hybridized carbons (Fsp3) is 0. The molecule has 1 aromatic heterocycles. The van der Waals surface area contributed by atoms with E-state index in [1.807, 2.05) is 18.2 Å². The highest BCUT2D eigenvalue weighted by Gasteiger charge is 1.99. The largest absolute Gasteiger partial charge is 0.241 e. The number of benzene rings is 1. The predicted octanol–water partition coefficient (Wildman–Crippen LogP) is 3.44. The van der Waals surface area contributed by atoms with Gasteiger partial charge in [-0.15, -0.1) is 0 Å². The van der Waals surface area contributed by atoms with Crippen molar-refractivity contribution in [1.29, 1.82) is 0 Å². The molecular weight excluding hydrogens is 376 g/mol. The van der Waals surface area contributed by atoms with Gasteiger partial charge in [0.25, 0.3) is 0 Å². The van der Waals surface area contributed by atoms with Gasteiger partial charge >= 0.3 is 0 Å². The number of hydrogen-bond acceptors (Lipinski definition) is 1. The van der Waals surface area contributed by atoms with E-state index in [2.05, 4.69) is 62.3 Å². The quantitative estimate of drug-likeness (QED) is 0.504. The first-order chi connectivity index (χ1) is 5.77.